The van der Waals surface area contributed by atoms with Crippen molar-refractivity contribution in [3.8, 4) is 0 Å². The third-order valence-electron chi connectivity index (χ3n) is 0.691. The zero-order valence-corrected chi connectivity index (χ0v) is 5.72. The van der Waals surface area contributed by atoms with Crippen LogP contribution in [0.25, 0.3) is 0 Å². The van der Waals surface area contributed by atoms with Gasteiger partial charge in [0.1, 0.15) is 0 Å². The number of unbranched alkanes of at least 4 members (excludes halogenated alkanes) is 1. The monoisotopic (exact) mass is 100 g/mol. The maximum absolute atomic E-state index is 2.39. The molecule has 0 nitrogen and oxygen atoms in total. The van der Waals surface area contributed by atoms with Gasteiger partial charge in [0.2, 0.25) is 0 Å². The molecule has 0 aromatic rings. The molecule has 0 heterocycles. The molecule has 0 aliphatic carbocycles. The summed E-state index contributed by atoms with van der Waals surface area (Å²) >= 11 is 0. The molecule has 6 heavy (non-hydrogen) atoms. The SMILES string of the molecule is CCCC=[SiH]C. The van der Waals surface area contributed by atoms with Gasteiger partial charge in [0.15, 0.2) is 0 Å². The van der Waals surface area contributed by atoms with Crippen LogP contribution in [0.3, 0.4) is 0 Å². The summed E-state index contributed by atoms with van der Waals surface area (Å²) in [5, 5.41) is 0. The van der Waals surface area contributed by atoms with E-state index < -0.39 is 0 Å². The Balaban J connectivity index is 2.66. The van der Waals surface area contributed by atoms with Gasteiger partial charge in [0.05, 0.1) is 0 Å². The Bertz CT molecular complexity index is 39.2. The Hall–Kier alpha value is 0.0869. The van der Waals surface area contributed by atoms with E-state index in [1.54, 1.807) is 0 Å². The molecule has 0 saturated heterocycles. The second-order valence-electron chi connectivity index (χ2n) is 1.36. The van der Waals surface area contributed by atoms with Crippen molar-refractivity contribution in [3.63, 3.8) is 0 Å². The van der Waals surface area contributed by atoms with Gasteiger partial charge in [0, 0.05) is 0 Å². The first kappa shape index (κ1) is 6.09. The van der Waals surface area contributed by atoms with Gasteiger partial charge in [0.25, 0.3) is 0 Å². The van der Waals surface area contributed by atoms with E-state index in [0.29, 0.717) is 9.13 Å². The summed E-state index contributed by atoms with van der Waals surface area (Å²) in [5.41, 5.74) is 2.39. The van der Waals surface area contributed by atoms with Crippen LogP contribution in [0, 0.1) is 0 Å². The quantitative estimate of drug-likeness (QED) is 0.455. The van der Waals surface area contributed by atoms with Crippen molar-refractivity contribution in [2.24, 2.45) is 0 Å². The van der Waals surface area contributed by atoms with Crippen LogP contribution < -0.4 is 0 Å². The lowest BCUT2D eigenvalue weighted by atomic mass is 10.4. The van der Waals surface area contributed by atoms with Crippen LogP contribution in [0.4, 0.5) is 0 Å². The molecule has 0 N–H and O–H groups in total. The smallest absolute Gasteiger partial charge is 0.0153 e. The average Bonchev–Trinajstić information content (AvgIpc) is 1.61. The topological polar surface area (TPSA) is 0 Å². The molecule has 0 aliphatic rings. The first-order chi connectivity index (χ1) is 2.91. The highest BCUT2D eigenvalue weighted by molar-refractivity contribution is 6.45. The van der Waals surface area contributed by atoms with E-state index in [2.05, 4.69) is 19.1 Å². The fourth-order valence-corrected chi connectivity index (χ4v) is 1.00. The van der Waals surface area contributed by atoms with Gasteiger partial charge in [-0.1, -0.05) is 19.9 Å². The van der Waals surface area contributed by atoms with Crippen LogP contribution in [0.2, 0.25) is 6.55 Å². The largest absolute Gasteiger partial charge is 0.107 e. The Morgan fingerprint density at radius 1 is 1.67 bits per heavy atom. The summed E-state index contributed by atoms with van der Waals surface area (Å²) < 4.78 is 0. The van der Waals surface area contributed by atoms with Gasteiger partial charge in [-0.2, -0.15) is 0 Å². The highest BCUT2D eigenvalue weighted by Crippen LogP contribution is 1.75. The summed E-state index contributed by atoms with van der Waals surface area (Å²) in [6.45, 7) is 4.47. The van der Waals surface area contributed by atoms with E-state index in [0.717, 1.165) is 0 Å². The standard InChI is InChI=1S/C5H12Si/c1-3-4-5-6-2/h5-6H,3-4H2,1-2H3. The summed E-state index contributed by atoms with van der Waals surface area (Å²) in [7, 11) is 0.659. The normalized spacial score (nSPS) is 10.3. The summed E-state index contributed by atoms with van der Waals surface area (Å²) in [4.78, 5) is 0. The van der Waals surface area contributed by atoms with Gasteiger partial charge in [-0.05, 0) is 15.6 Å². The molecule has 36 valence electrons. The van der Waals surface area contributed by atoms with E-state index >= 15 is 0 Å². The maximum Gasteiger partial charge on any atom is -0.0153 e. The van der Waals surface area contributed by atoms with Crippen LogP contribution in [0.5, 0.6) is 0 Å². The van der Waals surface area contributed by atoms with Crippen LogP contribution in [-0.2, 0) is 0 Å². The lowest BCUT2D eigenvalue weighted by molar-refractivity contribution is 1.02. The Morgan fingerprint density at radius 3 is 2.50 bits per heavy atom. The van der Waals surface area contributed by atoms with Crippen molar-refractivity contribution in [3.05, 3.63) is 0 Å². The first-order valence-electron chi connectivity index (χ1n) is 2.53. The Kier molecular flexibility index (Phi) is 5.16. The van der Waals surface area contributed by atoms with Gasteiger partial charge in [-0.3, -0.25) is 0 Å². The molecule has 0 saturated carbocycles. The number of rotatable bonds is 2. The summed E-state index contributed by atoms with van der Waals surface area (Å²) in [6, 6.07) is 0. The lowest BCUT2D eigenvalue weighted by Gasteiger charge is -1.76. The van der Waals surface area contributed by atoms with E-state index in [-0.39, 0.29) is 0 Å². The highest BCUT2D eigenvalue weighted by Gasteiger charge is 1.64. The third-order valence-corrected chi connectivity index (χ3v) is 1.50. The summed E-state index contributed by atoms with van der Waals surface area (Å²) in [6.07, 6.45) is 2.65. The van der Waals surface area contributed by atoms with E-state index in [1.807, 2.05) is 0 Å². The molecular formula is C5H12Si. The van der Waals surface area contributed by atoms with Crippen LogP contribution >= 0.6 is 0 Å². The second kappa shape index (κ2) is 5.09. The number of hydrogen-bond donors (Lipinski definition) is 0. The van der Waals surface area contributed by atoms with Crippen molar-refractivity contribution >= 4 is 14.8 Å². The molecule has 0 atom stereocenters. The fraction of sp³-hybridized carbons (Fsp3) is 0.800. The lowest BCUT2D eigenvalue weighted by Crippen LogP contribution is -1.74. The molecule has 0 unspecified atom stereocenters. The molecule has 0 spiro atoms. The van der Waals surface area contributed by atoms with Crippen molar-refractivity contribution in [1.29, 1.82) is 0 Å². The van der Waals surface area contributed by atoms with Gasteiger partial charge in [-0.25, -0.2) is 0 Å². The zero-order valence-electron chi connectivity index (χ0n) is 4.57. The zero-order chi connectivity index (χ0) is 4.83. The minimum absolute atomic E-state index is 0.659. The van der Waals surface area contributed by atoms with E-state index in [1.165, 1.54) is 12.8 Å². The van der Waals surface area contributed by atoms with Crippen LogP contribution in [0.15, 0.2) is 0 Å². The molecule has 0 aliphatic heterocycles. The third kappa shape index (κ3) is 4.09. The van der Waals surface area contributed by atoms with Crippen LogP contribution in [-0.4, -0.2) is 14.8 Å². The maximum atomic E-state index is 2.39. The van der Waals surface area contributed by atoms with Gasteiger partial charge >= 0.3 is 0 Å². The number of hydrogen-bond acceptors (Lipinski definition) is 0. The first-order valence-corrected chi connectivity index (χ1v) is 4.35. The van der Waals surface area contributed by atoms with Crippen molar-refractivity contribution in [2.45, 2.75) is 26.3 Å². The molecule has 0 aromatic heterocycles. The molecule has 0 bridgehead atoms. The Labute approximate surface area is 42.0 Å². The van der Waals surface area contributed by atoms with Gasteiger partial charge in [-0.15, -0.1) is 5.67 Å². The van der Waals surface area contributed by atoms with Crippen molar-refractivity contribution in [2.75, 3.05) is 0 Å². The minimum atomic E-state index is 0.659. The molecule has 1 heteroatoms. The van der Waals surface area contributed by atoms with Crippen LogP contribution in [0.1, 0.15) is 19.8 Å². The Morgan fingerprint density at radius 2 is 2.33 bits per heavy atom. The molecule has 0 amide bonds. The fourth-order valence-electron chi connectivity index (χ4n) is 0.333. The molecular weight excluding hydrogens is 88.1 g/mol. The second-order valence-corrected chi connectivity index (χ2v) is 2.50. The minimum Gasteiger partial charge on any atom is -0.107 e. The van der Waals surface area contributed by atoms with Crippen molar-refractivity contribution in [1.82, 2.24) is 0 Å². The molecule has 0 radical (unpaired) electrons. The molecule has 0 fully saturated rings. The van der Waals surface area contributed by atoms with E-state index in [4.69, 9.17) is 0 Å². The summed E-state index contributed by atoms with van der Waals surface area (Å²) in [5.74, 6) is 0. The predicted octanol–water partition coefficient (Wildman–Crippen LogP) is 1.07. The molecule has 0 aromatic carbocycles. The van der Waals surface area contributed by atoms with Crippen molar-refractivity contribution < 1.29 is 0 Å². The average molecular weight is 100 g/mol. The van der Waals surface area contributed by atoms with E-state index in [9.17, 15) is 0 Å². The predicted molar refractivity (Wildman–Crippen MR) is 34.0 cm³/mol. The highest BCUT2D eigenvalue weighted by atomic mass is 28.2. The van der Waals surface area contributed by atoms with Gasteiger partial charge < -0.3 is 0 Å². The molecule has 0 rings (SSSR count).